The van der Waals surface area contributed by atoms with Crippen LogP contribution in [0, 0.1) is 10.1 Å². The van der Waals surface area contributed by atoms with Crippen molar-refractivity contribution in [3.63, 3.8) is 0 Å². The van der Waals surface area contributed by atoms with Crippen LogP contribution in [0.25, 0.3) is 0 Å². The summed E-state index contributed by atoms with van der Waals surface area (Å²) in [6, 6.07) is 7.76. The third-order valence-corrected chi connectivity index (χ3v) is 4.59. The quantitative estimate of drug-likeness (QED) is 0.617. The molecule has 2 aromatic rings. The Morgan fingerprint density at radius 3 is 2.33 bits per heavy atom. The molecule has 1 aromatic heterocycles. The van der Waals surface area contributed by atoms with Crippen LogP contribution in [-0.4, -0.2) is 13.3 Å². The summed E-state index contributed by atoms with van der Waals surface area (Å²) in [5.74, 6) is 0. The summed E-state index contributed by atoms with van der Waals surface area (Å²) < 4.78 is 22.2. The highest BCUT2D eigenvalue weighted by molar-refractivity contribution is 7.89. The van der Waals surface area contributed by atoms with Gasteiger partial charge in [0.25, 0.3) is 0 Å². The van der Waals surface area contributed by atoms with E-state index in [0.717, 1.165) is 22.5 Å². The van der Waals surface area contributed by atoms with Gasteiger partial charge in [0.1, 0.15) is 0 Å². The highest BCUT2D eigenvalue weighted by atomic mass is 32.2. The average molecular weight is 327 g/mol. The van der Waals surface area contributed by atoms with Gasteiger partial charge in [0.15, 0.2) is 0 Å². The van der Waals surface area contributed by atoms with Crippen molar-refractivity contribution in [1.29, 1.82) is 0 Å². The molecule has 2 rings (SSSR count). The molecule has 0 aliphatic rings. The van der Waals surface area contributed by atoms with E-state index in [-0.39, 0.29) is 9.90 Å². The lowest BCUT2D eigenvalue weighted by molar-refractivity contribution is -0.380. The maximum absolute atomic E-state index is 11.1. The smallest absolute Gasteiger partial charge is 0.309 e. The average Bonchev–Trinajstić information content (AvgIpc) is 2.87. The Labute approximate surface area is 125 Å². The van der Waals surface area contributed by atoms with E-state index < -0.39 is 14.9 Å². The topological polar surface area (TPSA) is 115 Å². The highest BCUT2D eigenvalue weighted by Crippen LogP contribution is 2.22. The van der Waals surface area contributed by atoms with Crippen LogP contribution in [0.2, 0.25) is 0 Å². The minimum Gasteiger partial charge on any atom is -0.309 e. The minimum atomic E-state index is -3.67. The van der Waals surface area contributed by atoms with Gasteiger partial charge in [0, 0.05) is 24.5 Å². The molecule has 0 amide bonds. The first-order valence-electron chi connectivity index (χ1n) is 5.90. The van der Waals surface area contributed by atoms with Gasteiger partial charge in [0.05, 0.1) is 9.82 Å². The lowest BCUT2D eigenvalue weighted by atomic mass is 10.2. The Hall–Kier alpha value is -1.81. The van der Waals surface area contributed by atoms with E-state index in [1.54, 1.807) is 17.5 Å². The normalized spacial score (nSPS) is 11.5. The van der Waals surface area contributed by atoms with E-state index >= 15 is 0 Å². The Morgan fingerprint density at radius 1 is 1.19 bits per heavy atom. The summed E-state index contributed by atoms with van der Waals surface area (Å²) in [5, 5.41) is 20.5. The summed E-state index contributed by atoms with van der Waals surface area (Å²) in [4.78, 5) is 10.2. The first kappa shape index (κ1) is 15.6. The van der Waals surface area contributed by atoms with E-state index in [1.165, 1.54) is 18.2 Å². The second-order valence-corrected chi connectivity index (χ2v) is 6.79. The zero-order chi connectivity index (χ0) is 15.5. The molecule has 21 heavy (non-hydrogen) atoms. The molecule has 0 fully saturated rings. The van der Waals surface area contributed by atoms with Crippen LogP contribution in [0.1, 0.15) is 11.1 Å². The first-order chi connectivity index (χ1) is 9.86. The lowest BCUT2D eigenvalue weighted by Crippen LogP contribution is -2.14. The van der Waals surface area contributed by atoms with E-state index in [2.05, 4.69) is 5.32 Å². The number of thiophene rings is 1. The number of primary sulfonamides is 1. The Morgan fingerprint density at radius 2 is 1.81 bits per heavy atom. The maximum atomic E-state index is 11.1. The number of rotatable bonds is 6. The predicted molar refractivity (Wildman–Crippen MR) is 79.3 cm³/mol. The molecule has 0 bridgehead atoms. The summed E-state index contributed by atoms with van der Waals surface area (Å²) in [6.07, 6.45) is 0. The fourth-order valence-electron chi connectivity index (χ4n) is 1.70. The van der Waals surface area contributed by atoms with Crippen LogP contribution in [0.5, 0.6) is 0 Å². The van der Waals surface area contributed by atoms with Crippen LogP contribution in [0.3, 0.4) is 0 Å². The maximum Gasteiger partial charge on any atom is 0.324 e. The molecule has 0 saturated heterocycles. The molecule has 0 atom stereocenters. The van der Waals surface area contributed by atoms with E-state index in [1.807, 2.05) is 0 Å². The molecule has 0 saturated carbocycles. The molecule has 1 aromatic carbocycles. The number of hydrogen-bond donors (Lipinski definition) is 2. The zero-order valence-corrected chi connectivity index (χ0v) is 12.5. The van der Waals surface area contributed by atoms with Gasteiger partial charge >= 0.3 is 5.00 Å². The molecular formula is C12H13N3O4S2. The summed E-state index contributed by atoms with van der Waals surface area (Å²) in [7, 11) is -3.67. The largest absolute Gasteiger partial charge is 0.324 e. The predicted octanol–water partition coefficient (Wildman–Crippen LogP) is 1.59. The van der Waals surface area contributed by atoms with Crippen molar-refractivity contribution in [2.75, 3.05) is 0 Å². The zero-order valence-electron chi connectivity index (χ0n) is 10.9. The van der Waals surface area contributed by atoms with Crippen LogP contribution < -0.4 is 10.5 Å². The molecule has 0 aliphatic heterocycles. The van der Waals surface area contributed by atoms with Crippen molar-refractivity contribution in [2.24, 2.45) is 5.14 Å². The van der Waals surface area contributed by atoms with Gasteiger partial charge in [-0.15, -0.1) is 0 Å². The van der Waals surface area contributed by atoms with E-state index in [9.17, 15) is 18.5 Å². The Balaban J connectivity index is 1.89. The van der Waals surface area contributed by atoms with Crippen molar-refractivity contribution in [1.82, 2.24) is 5.32 Å². The van der Waals surface area contributed by atoms with Crippen molar-refractivity contribution < 1.29 is 13.3 Å². The first-order valence-corrected chi connectivity index (χ1v) is 8.33. The fourth-order valence-corrected chi connectivity index (χ4v) is 2.94. The number of hydrogen-bond acceptors (Lipinski definition) is 6. The second kappa shape index (κ2) is 6.31. The molecule has 0 unspecified atom stereocenters. The Bertz CT molecular complexity index is 738. The molecule has 7 nitrogen and oxygen atoms in total. The van der Waals surface area contributed by atoms with Crippen molar-refractivity contribution in [3.8, 4) is 0 Å². The third kappa shape index (κ3) is 4.33. The number of nitrogens with zero attached hydrogens (tertiary/aromatic N) is 1. The molecule has 3 N–H and O–H groups in total. The van der Waals surface area contributed by atoms with Gasteiger partial charge in [-0.1, -0.05) is 23.5 Å². The van der Waals surface area contributed by atoms with Gasteiger partial charge in [0.2, 0.25) is 10.0 Å². The molecule has 0 radical (unpaired) electrons. The monoisotopic (exact) mass is 327 g/mol. The van der Waals surface area contributed by atoms with Crippen molar-refractivity contribution >= 4 is 26.4 Å². The van der Waals surface area contributed by atoms with Crippen LogP contribution in [-0.2, 0) is 23.1 Å². The fraction of sp³-hybridized carbons (Fsp3) is 0.167. The van der Waals surface area contributed by atoms with E-state index in [4.69, 9.17) is 5.14 Å². The summed E-state index contributed by atoms with van der Waals surface area (Å²) in [6.45, 7) is 1.02. The van der Waals surface area contributed by atoms with Crippen molar-refractivity contribution in [2.45, 2.75) is 18.0 Å². The van der Waals surface area contributed by atoms with Crippen LogP contribution >= 0.6 is 11.3 Å². The number of nitrogens with one attached hydrogen (secondary N) is 1. The second-order valence-electron chi connectivity index (χ2n) is 4.34. The lowest BCUT2D eigenvalue weighted by Gasteiger charge is -2.04. The molecule has 0 spiro atoms. The number of benzene rings is 1. The number of nitrogens with two attached hydrogens (primary N) is 1. The summed E-state index contributed by atoms with van der Waals surface area (Å²) in [5.41, 5.74) is 1.74. The molecular weight excluding hydrogens is 314 g/mol. The van der Waals surface area contributed by atoms with Gasteiger partial charge in [-0.3, -0.25) is 10.1 Å². The molecule has 112 valence electrons. The molecule has 1 heterocycles. The van der Waals surface area contributed by atoms with Gasteiger partial charge in [-0.25, -0.2) is 13.6 Å². The van der Waals surface area contributed by atoms with Gasteiger partial charge < -0.3 is 5.32 Å². The standard InChI is InChI=1S/C12H13N3O4S2/c13-21(18,19)11-3-1-9(2-4-11)6-14-7-10-5-12(15(16)17)20-8-10/h1-5,8,14H,6-7H2,(H2,13,18,19). The van der Waals surface area contributed by atoms with Crippen LogP contribution in [0.4, 0.5) is 5.00 Å². The highest BCUT2D eigenvalue weighted by Gasteiger charge is 2.09. The van der Waals surface area contributed by atoms with Crippen molar-refractivity contribution in [3.05, 3.63) is 57.0 Å². The van der Waals surface area contributed by atoms with E-state index in [0.29, 0.717) is 13.1 Å². The molecule has 9 heteroatoms. The SMILES string of the molecule is NS(=O)(=O)c1ccc(CNCc2csc([N+](=O)[O-])c2)cc1. The number of sulfonamides is 1. The Kier molecular flexibility index (Phi) is 4.68. The minimum absolute atomic E-state index is 0.0692. The van der Waals surface area contributed by atoms with Crippen LogP contribution in [0.15, 0.2) is 40.6 Å². The third-order valence-electron chi connectivity index (χ3n) is 2.73. The molecule has 0 aliphatic carbocycles. The summed E-state index contributed by atoms with van der Waals surface area (Å²) >= 11 is 1.09. The number of nitro groups is 1. The van der Waals surface area contributed by atoms with Gasteiger partial charge in [-0.2, -0.15) is 0 Å². The van der Waals surface area contributed by atoms with Gasteiger partial charge in [-0.05, 0) is 23.3 Å².